The van der Waals surface area contributed by atoms with Crippen LogP contribution in [-0.2, 0) is 9.59 Å². The summed E-state index contributed by atoms with van der Waals surface area (Å²) in [6, 6.07) is 17.6. The van der Waals surface area contributed by atoms with E-state index in [1.807, 2.05) is 24.3 Å². The van der Waals surface area contributed by atoms with E-state index in [1.54, 1.807) is 53.7 Å². The summed E-state index contributed by atoms with van der Waals surface area (Å²) < 4.78 is 10.8. The van der Waals surface area contributed by atoms with E-state index in [4.69, 9.17) is 21.1 Å². The molecule has 0 aromatic heterocycles. The van der Waals surface area contributed by atoms with Gasteiger partial charge in [-0.3, -0.25) is 19.4 Å². The second-order valence-electron chi connectivity index (χ2n) is 9.12. The van der Waals surface area contributed by atoms with E-state index in [9.17, 15) is 14.4 Å². The highest BCUT2D eigenvalue weighted by Crippen LogP contribution is 2.53. The molecule has 3 aromatic rings. The first-order valence-electron chi connectivity index (χ1n) is 11.5. The van der Waals surface area contributed by atoms with Crippen molar-refractivity contribution in [3.8, 4) is 11.5 Å². The van der Waals surface area contributed by atoms with E-state index in [2.05, 4.69) is 5.10 Å². The number of ether oxygens (including phenoxy) is 2. The molecule has 4 aliphatic heterocycles. The SMILES string of the molecule is O=C(c1ccc(Cl)cc1)[C@@H]1[C@@H]2C(=O)N(c3ccc4c(c3)OCO4)C(=O)[C@@H]2C2c3ccccc3C=NN21. The van der Waals surface area contributed by atoms with Gasteiger partial charge in [0.05, 0.1) is 29.8 Å². The molecule has 0 spiro atoms. The number of rotatable bonds is 3. The number of hydrogen-bond acceptors (Lipinski definition) is 7. The van der Waals surface area contributed by atoms with Crippen LogP contribution in [0.1, 0.15) is 27.5 Å². The number of hydrazone groups is 1. The van der Waals surface area contributed by atoms with Gasteiger partial charge < -0.3 is 9.47 Å². The fourth-order valence-corrected chi connectivity index (χ4v) is 5.86. The first-order chi connectivity index (χ1) is 17.5. The van der Waals surface area contributed by atoms with E-state index in [1.165, 1.54) is 4.90 Å². The Morgan fingerprint density at radius 2 is 1.67 bits per heavy atom. The molecule has 9 heteroatoms. The second kappa shape index (κ2) is 7.66. The predicted molar refractivity (Wildman–Crippen MR) is 130 cm³/mol. The molecular formula is C27H18ClN3O5. The monoisotopic (exact) mass is 499 g/mol. The number of Topliss-reactive ketones (excluding diaryl/α,β-unsaturated/α-hetero) is 1. The number of anilines is 1. The number of nitrogens with zero attached hydrogens (tertiary/aromatic N) is 3. The number of carbonyl (C=O) groups excluding carboxylic acids is 3. The van der Waals surface area contributed by atoms with Crippen LogP contribution in [0, 0.1) is 11.8 Å². The van der Waals surface area contributed by atoms with Crippen LogP contribution in [-0.4, -0.2) is 41.7 Å². The van der Waals surface area contributed by atoms with Crippen LogP contribution >= 0.6 is 11.6 Å². The molecule has 8 nitrogen and oxygen atoms in total. The number of benzene rings is 3. The highest BCUT2D eigenvalue weighted by Gasteiger charge is 2.65. The molecule has 0 bridgehead atoms. The number of fused-ring (bicyclic) bond motifs is 6. The van der Waals surface area contributed by atoms with Gasteiger partial charge >= 0.3 is 0 Å². The molecule has 2 fully saturated rings. The average molecular weight is 500 g/mol. The number of ketones is 1. The minimum Gasteiger partial charge on any atom is -0.454 e. The van der Waals surface area contributed by atoms with Crippen molar-refractivity contribution < 1.29 is 23.9 Å². The molecule has 0 N–H and O–H groups in total. The summed E-state index contributed by atoms with van der Waals surface area (Å²) in [6.07, 6.45) is 1.68. The molecular weight excluding hydrogens is 482 g/mol. The van der Waals surface area contributed by atoms with Gasteiger partial charge in [0.2, 0.25) is 18.6 Å². The molecule has 3 aromatic carbocycles. The molecule has 1 unspecified atom stereocenters. The van der Waals surface area contributed by atoms with Gasteiger partial charge in [0.15, 0.2) is 17.3 Å². The molecule has 7 rings (SSSR count). The van der Waals surface area contributed by atoms with Gasteiger partial charge in [0.1, 0.15) is 6.04 Å². The van der Waals surface area contributed by atoms with Crippen LogP contribution in [0.2, 0.25) is 5.02 Å². The maximum absolute atomic E-state index is 13.9. The van der Waals surface area contributed by atoms with Gasteiger partial charge in [-0.2, -0.15) is 5.10 Å². The molecule has 0 aliphatic carbocycles. The van der Waals surface area contributed by atoms with E-state index in [0.29, 0.717) is 27.8 Å². The lowest BCUT2D eigenvalue weighted by Crippen LogP contribution is -2.44. The van der Waals surface area contributed by atoms with E-state index < -0.39 is 29.8 Å². The van der Waals surface area contributed by atoms with Crippen LogP contribution in [0.25, 0.3) is 0 Å². The molecule has 178 valence electrons. The van der Waals surface area contributed by atoms with Gasteiger partial charge in [-0.1, -0.05) is 35.9 Å². The Morgan fingerprint density at radius 3 is 2.50 bits per heavy atom. The fraction of sp³-hybridized carbons (Fsp3) is 0.185. The maximum Gasteiger partial charge on any atom is 0.240 e. The summed E-state index contributed by atoms with van der Waals surface area (Å²) in [5.41, 5.74) is 2.52. The standard InChI is InChI=1S/C27H18ClN3O5/c28-16-7-5-14(6-8-16)25(32)24-22-21(23-18-4-2-1-3-15(18)12-29-31(23)24)26(33)30(27(22)34)17-9-10-19-20(11-17)36-13-35-19/h1-12,21-24H,13H2/t21-,22+,23?,24-/m0/s1. The summed E-state index contributed by atoms with van der Waals surface area (Å²) in [5, 5.41) is 6.72. The number of amides is 2. The Morgan fingerprint density at radius 1 is 0.917 bits per heavy atom. The molecule has 4 atom stereocenters. The highest BCUT2D eigenvalue weighted by atomic mass is 35.5. The van der Waals surface area contributed by atoms with Crippen LogP contribution < -0.4 is 14.4 Å². The Bertz CT molecular complexity index is 1490. The minimum absolute atomic E-state index is 0.0788. The van der Waals surface area contributed by atoms with E-state index in [-0.39, 0.29) is 18.5 Å². The third kappa shape index (κ3) is 2.88. The van der Waals surface area contributed by atoms with Gasteiger partial charge in [0.25, 0.3) is 0 Å². The van der Waals surface area contributed by atoms with Crippen molar-refractivity contribution >= 4 is 41.1 Å². The molecule has 36 heavy (non-hydrogen) atoms. The zero-order chi connectivity index (χ0) is 24.6. The number of carbonyl (C=O) groups is 3. The first kappa shape index (κ1) is 21.1. The summed E-state index contributed by atoms with van der Waals surface area (Å²) >= 11 is 6.03. The predicted octanol–water partition coefficient (Wildman–Crippen LogP) is 3.83. The number of halogens is 1. The molecule has 2 amide bonds. The van der Waals surface area contributed by atoms with Crippen molar-refractivity contribution in [3.63, 3.8) is 0 Å². The first-order valence-corrected chi connectivity index (χ1v) is 11.9. The van der Waals surface area contributed by atoms with Crippen LogP contribution in [0.15, 0.2) is 71.8 Å². The summed E-state index contributed by atoms with van der Waals surface area (Å²) in [4.78, 5) is 42.9. The van der Waals surface area contributed by atoms with Crippen molar-refractivity contribution in [2.75, 3.05) is 11.7 Å². The van der Waals surface area contributed by atoms with Crippen molar-refractivity contribution in [1.29, 1.82) is 0 Å². The zero-order valence-electron chi connectivity index (χ0n) is 18.7. The van der Waals surface area contributed by atoms with Gasteiger partial charge in [-0.25, -0.2) is 4.90 Å². The van der Waals surface area contributed by atoms with Gasteiger partial charge in [-0.05, 0) is 47.5 Å². The van der Waals surface area contributed by atoms with Gasteiger partial charge in [0, 0.05) is 16.7 Å². The fourth-order valence-electron chi connectivity index (χ4n) is 5.73. The molecule has 4 aliphatic rings. The quantitative estimate of drug-likeness (QED) is 0.402. The van der Waals surface area contributed by atoms with E-state index >= 15 is 0 Å². The minimum atomic E-state index is -0.943. The van der Waals surface area contributed by atoms with E-state index in [0.717, 1.165) is 11.1 Å². The summed E-state index contributed by atoms with van der Waals surface area (Å²) in [6.45, 7) is 0.0788. The normalized spacial score (nSPS) is 25.1. The Kier molecular flexibility index (Phi) is 4.50. The van der Waals surface area contributed by atoms with Crippen LogP contribution in [0.5, 0.6) is 11.5 Å². The van der Waals surface area contributed by atoms with Crippen molar-refractivity contribution in [1.82, 2.24) is 5.01 Å². The number of hydrogen-bond donors (Lipinski definition) is 0. The van der Waals surface area contributed by atoms with Crippen LogP contribution in [0.3, 0.4) is 0 Å². The Labute approximate surface area is 210 Å². The zero-order valence-corrected chi connectivity index (χ0v) is 19.5. The molecule has 2 saturated heterocycles. The lowest BCUT2D eigenvalue weighted by atomic mass is 9.83. The van der Waals surface area contributed by atoms with Gasteiger partial charge in [-0.15, -0.1) is 0 Å². The Balaban J connectivity index is 1.36. The third-order valence-corrected chi connectivity index (χ3v) is 7.56. The molecule has 0 saturated carbocycles. The lowest BCUT2D eigenvalue weighted by Gasteiger charge is -2.33. The molecule has 4 heterocycles. The van der Waals surface area contributed by atoms with Crippen molar-refractivity contribution in [3.05, 3.63) is 88.4 Å². The second-order valence-corrected chi connectivity index (χ2v) is 9.55. The maximum atomic E-state index is 13.9. The molecule has 0 radical (unpaired) electrons. The van der Waals surface area contributed by atoms with Crippen LogP contribution in [0.4, 0.5) is 5.69 Å². The smallest absolute Gasteiger partial charge is 0.240 e. The Hall–Kier alpha value is -4.17. The number of imide groups is 1. The highest BCUT2D eigenvalue weighted by molar-refractivity contribution is 6.30. The topological polar surface area (TPSA) is 88.5 Å². The lowest BCUT2D eigenvalue weighted by molar-refractivity contribution is -0.124. The van der Waals surface area contributed by atoms with Crippen molar-refractivity contribution in [2.45, 2.75) is 12.1 Å². The summed E-state index contributed by atoms with van der Waals surface area (Å²) in [5.74, 6) is -1.74. The summed E-state index contributed by atoms with van der Waals surface area (Å²) in [7, 11) is 0. The van der Waals surface area contributed by atoms with Crippen molar-refractivity contribution in [2.24, 2.45) is 16.9 Å². The third-order valence-electron chi connectivity index (χ3n) is 7.30. The average Bonchev–Trinajstić information content (AvgIpc) is 3.57. The largest absolute Gasteiger partial charge is 0.454 e.